The van der Waals surface area contributed by atoms with Gasteiger partial charge in [0.05, 0.1) is 5.52 Å². The van der Waals surface area contributed by atoms with Crippen LogP contribution in [0, 0.1) is 6.92 Å². The van der Waals surface area contributed by atoms with Crippen molar-refractivity contribution in [2.24, 2.45) is 0 Å². The molecule has 1 saturated carbocycles. The van der Waals surface area contributed by atoms with E-state index in [4.69, 9.17) is 9.15 Å². The minimum atomic E-state index is -0.515. The highest BCUT2D eigenvalue weighted by Crippen LogP contribution is 2.23. The monoisotopic (exact) mass is 381 g/mol. The SMILES string of the molecule is Cc1ccc(OC2CCC(NC(=O)Cn3c(=O)oc4ccccc43)CC2)nc1. The number of pyridine rings is 1. The largest absolute Gasteiger partial charge is 0.474 e. The van der Waals surface area contributed by atoms with Gasteiger partial charge in [-0.1, -0.05) is 18.2 Å². The van der Waals surface area contributed by atoms with Gasteiger partial charge in [0.25, 0.3) is 0 Å². The second-order valence-electron chi connectivity index (χ2n) is 7.25. The lowest BCUT2D eigenvalue weighted by Crippen LogP contribution is -2.41. The molecule has 1 fully saturated rings. The van der Waals surface area contributed by atoms with Gasteiger partial charge in [0.1, 0.15) is 12.6 Å². The number of oxazole rings is 1. The number of benzene rings is 1. The molecule has 0 unspecified atom stereocenters. The van der Waals surface area contributed by atoms with Gasteiger partial charge in [-0.15, -0.1) is 0 Å². The second kappa shape index (κ2) is 7.88. The Morgan fingerprint density at radius 2 is 2.00 bits per heavy atom. The Kier molecular flexibility index (Phi) is 5.14. The molecular formula is C21H23N3O4. The van der Waals surface area contributed by atoms with Crippen LogP contribution in [0.5, 0.6) is 5.88 Å². The Bertz CT molecular complexity index is 1010. The van der Waals surface area contributed by atoms with E-state index in [0.29, 0.717) is 17.0 Å². The van der Waals surface area contributed by atoms with E-state index >= 15 is 0 Å². The summed E-state index contributed by atoms with van der Waals surface area (Å²) in [6.45, 7) is 1.95. The highest BCUT2D eigenvalue weighted by Gasteiger charge is 2.24. The maximum Gasteiger partial charge on any atom is 0.420 e. The van der Waals surface area contributed by atoms with E-state index in [-0.39, 0.29) is 24.6 Å². The normalized spacial score (nSPS) is 19.5. The van der Waals surface area contributed by atoms with E-state index in [0.717, 1.165) is 31.2 Å². The zero-order valence-corrected chi connectivity index (χ0v) is 15.8. The summed E-state index contributed by atoms with van der Waals surface area (Å²) < 4.78 is 12.5. The van der Waals surface area contributed by atoms with Crippen LogP contribution in [0.25, 0.3) is 11.1 Å². The zero-order valence-electron chi connectivity index (χ0n) is 15.8. The van der Waals surface area contributed by atoms with E-state index in [9.17, 15) is 9.59 Å². The van der Waals surface area contributed by atoms with E-state index < -0.39 is 5.76 Å². The van der Waals surface area contributed by atoms with Gasteiger partial charge in [-0.05, 0) is 50.3 Å². The molecule has 4 rings (SSSR count). The van der Waals surface area contributed by atoms with E-state index in [1.165, 1.54) is 4.57 Å². The van der Waals surface area contributed by atoms with Gasteiger partial charge in [-0.25, -0.2) is 9.78 Å². The standard InChI is InChI=1S/C21H23N3O4/c1-14-6-11-20(22-12-14)27-16-9-7-15(8-10-16)23-19(25)13-24-17-4-2-3-5-18(17)28-21(24)26/h2-6,11-12,15-16H,7-10,13H2,1H3,(H,23,25). The molecule has 0 saturated heterocycles. The molecule has 146 valence electrons. The number of nitrogens with one attached hydrogen (secondary N) is 1. The predicted molar refractivity (Wildman–Crippen MR) is 104 cm³/mol. The molecule has 0 bridgehead atoms. The van der Waals surface area contributed by atoms with E-state index in [1.807, 2.05) is 25.1 Å². The summed E-state index contributed by atoms with van der Waals surface area (Å²) in [7, 11) is 0. The number of aromatic nitrogens is 2. The van der Waals surface area contributed by atoms with Crippen molar-refractivity contribution in [1.29, 1.82) is 0 Å². The number of aryl methyl sites for hydroxylation is 1. The molecule has 3 aromatic rings. The summed E-state index contributed by atoms with van der Waals surface area (Å²) in [5.41, 5.74) is 2.22. The van der Waals surface area contributed by atoms with Crippen LogP contribution in [-0.2, 0) is 11.3 Å². The van der Waals surface area contributed by atoms with Gasteiger partial charge < -0.3 is 14.5 Å². The van der Waals surface area contributed by atoms with Crippen molar-refractivity contribution in [3.63, 3.8) is 0 Å². The van der Waals surface area contributed by atoms with Crippen LogP contribution in [0.3, 0.4) is 0 Å². The molecule has 7 nitrogen and oxygen atoms in total. The number of carbonyl (C=O) groups excluding carboxylic acids is 1. The molecule has 28 heavy (non-hydrogen) atoms. The first kappa shape index (κ1) is 18.3. The van der Waals surface area contributed by atoms with Crippen LogP contribution in [0.4, 0.5) is 0 Å². The van der Waals surface area contributed by atoms with Gasteiger partial charge in [0.2, 0.25) is 11.8 Å². The molecule has 7 heteroatoms. The van der Waals surface area contributed by atoms with Crippen LogP contribution >= 0.6 is 0 Å². The number of fused-ring (bicyclic) bond motifs is 1. The van der Waals surface area contributed by atoms with Crippen molar-refractivity contribution in [3.05, 3.63) is 58.7 Å². The molecule has 1 aliphatic carbocycles. The Balaban J connectivity index is 1.29. The van der Waals surface area contributed by atoms with E-state index in [2.05, 4.69) is 10.3 Å². The maximum atomic E-state index is 12.4. The summed E-state index contributed by atoms with van der Waals surface area (Å²) in [4.78, 5) is 28.7. The summed E-state index contributed by atoms with van der Waals surface area (Å²) in [6.07, 6.45) is 5.29. The van der Waals surface area contributed by atoms with Crippen molar-refractivity contribution < 1.29 is 13.9 Å². The number of para-hydroxylation sites is 2. The summed E-state index contributed by atoms with van der Waals surface area (Å²) in [6, 6.07) is 11.1. The molecule has 1 aromatic carbocycles. The first-order valence-electron chi connectivity index (χ1n) is 9.55. The zero-order chi connectivity index (χ0) is 19.5. The first-order valence-corrected chi connectivity index (χ1v) is 9.55. The lowest BCUT2D eigenvalue weighted by molar-refractivity contribution is -0.122. The fraction of sp³-hybridized carbons (Fsp3) is 0.381. The molecule has 2 aromatic heterocycles. The van der Waals surface area contributed by atoms with Gasteiger partial charge in [-0.3, -0.25) is 9.36 Å². The quantitative estimate of drug-likeness (QED) is 0.734. The third kappa shape index (κ3) is 4.08. The number of carbonyl (C=O) groups is 1. The predicted octanol–water partition coefficient (Wildman–Crippen LogP) is 2.80. The summed E-state index contributed by atoms with van der Waals surface area (Å²) in [5.74, 6) is -0.0541. The number of hydrogen-bond donors (Lipinski definition) is 1. The van der Waals surface area contributed by atoms with Crippen LogP contribution in [-0.4, -0.2) is 27.6 Å². The van der Waals surface area contributed by atoms with Gasteiger partial charge in [0.15, 0.2) is 5.58 Å². The van der Waals surface area contributed by atoms with Gasteiger partial charge in [0, 0.05) is 18.3 Å². The molecule has 0 atom stereocenters. The Morgan fingerprint density at radius 3 is 2.75 bits per heavy atom. The number of ether oxygens (including phenoxy) is 1. The van der Waals surface area contributed by atoms with Crippen molar-refractivity contribution >= 4 is 17.0 Å². The van der Waals surface area contributed by atoms with Crippen LogP contribution in [0.15, 0.2) is 51.8 Å². The number of amides is 1. The average Bonchev–Trinajstić information content (AvgIpc) is 3.00. The third-order valence-electron chi connectivity index (χ3n) is 5.09. The van der Waals surface area contributed by atoms with Crippen LogP contribution in [0.1, 0.15) is 31.2 Å². The molecule has 1 N–H and O–H groups in total. The minimum Gasteiger partial charge on any atom is -0.474 e. The molecular weight excluding hydrogens is 358 g/mol. The second-order valence-corrected chi connectivity index (χ2v) is 7.25. The smallest absolute Gasteiger partial charge is 0.420 e. The van der Waals surface area contributed by atoms with E-state index in [1.54, 1.807) is 24.4 Å². The Labute approximate surface area is 162 Å². The summed E-state index contributed by atoms with van der Waals surface area (Å²) >= 11 is 0. The molecule has 0 spiro atoms. The topological polar surface area (TPSA) is 86.4 Å². The third-order valence-corrected chi connectivity index (χ3v) is 5.09. The van der Waals surface area contributed by atoms with Crippen molar-refractivity contribution in [2.75, 3.05) is 0 Å². The van der Waals surface area contributed by atoms with Crippen molar-refractivity contribution in [1.82, 2.24) is 14.9 Å². The molecule has 0 aliphatic heterocycles. The molecule has 1 aliphatic rings. The Morgan fingerprint density at radius 1 is 1.21 bits per heavy atom. The first-order chi connectivity index (χ1) is 13.6. The molecule has 0 radical (unpaired) electrons. The van der Waals surface area contributed by atoms with Crippen LogP contribution in [0.2, 0.25) is 0 Å². The maximum absolute atomic E-state index is 12.4. The number of rotatable bonds is 5. The lowest BCUT2D eigenvalue weighted by atomic mass is 9.93. The summed E-state index contributed by atoms with van der Waals surface area (Å²) in [5, 5.41) is 3.03. The van der Waals surface area contributed by atoms with Gasteiger partial charge in [-0.2, -0.15) is 0 Å². The molecule has 2 heterocycles. The average molecular weight is 381 g/mol. The highest BCUT2D eigenvalue weighted by molar-refractivity contribution is 5.79. The molecule has 1 amide bonds. The van der Waals surface area contributed by atoms with Gasteiger partial charge >= 0.3 is 5.76 Å². The fourth-order valence-electron chi connectivity index (χ4n) is 3.60. The van der Waals surface area contributed by atoms with Crippen molar-refractivity contribution in [3.8, 4) is 5.88 Å². The Hall–Kier alpha value is -3.09. The lowest BCUT2D eigenvalue weighted by Gasteiger charge is -2.29. The van der Waals surface area contributed by atoms with Crippen LogP contribution < -0.4 is 15.8 Å². The highest BCUT2D eigenvalue weighted by atomic mass is 16.5. The fourth-order valence-corrected chi connectivity index (χ4v) is 3.60. The number of nitrogens with zero attached hydrogens (tertiary/aromatic N) is 2. The minimum absolute atomic E-state index is 0.0421. The van der Waals surface area contributed by atoms with Crippen molar-refractivity contribution in [2.45, 2.75) is 51.3 Å². The number of hydrogen-bond acceptors (Lipinski definition) is 5.